The van der Waals surface area contributed by atoms with Crippen molar-refractivity contribution >= 4 is 5.78 Å². The summed E-state index contributed by atoms with van der Waals surface area (Å²) in [5, 5.41) is 10.3. The molecule has 0 aliphatic heterocycles. The normalized spacial score (nSPS) is 13.7. The van der Waals surface area contributed by atoms with Crippen LogP contribution in [0.5, 0.6) is 0 Å². The summed E-state index contributed by atoms with van der Waals surface area (Å²) in [5.74, 6) is -0.272. The van der Waals surface area contributed by atoms with E-state index in [1.165, 1.54) is 5.56 Å². The van der Waals surface area contributed by atoms with E-state index < -0.39 is 6.10 Å². The minimum atomic E-state index is -1.01. The molecular weight excluding hydrogens is 236 g/mol. The highest BCUT2D eigenvalue weighted by Gasteiger charge is 2.25. The van der Waals surface area contributed by atoms with Gasteiger partial charge in [0, 0.05) is 5.92 Å². The van der Waals surface area contributed by atoms with Crippen molar-refractivity contribution in [3.8, 4) is 0 Å². The fraction of sp³-hybridized carbons (Fsp3) is 0.588. The summed E-state index contributed by atoms with van der Waals surface area (Å²) in [4.78, 5) is 12.0. The van der Waals surface area contributed by atoms with E-state index in [0.717, 1.165) is 16.7 Å². The lowest BCUT2D eigenvalue weighted by Crippen LogP contribution is -2.20. The van der Waals surface area contributed by atoms with E-state index in [4.69, 9.17) is 0 Å². The molecule has 0 aliphatic rings. The highest BCUT2D eigenvalue weighted by atomic mass is 16.3. The van der Waals surface area contributed by atoms with Crippen LogP contribution in [-0.4, -0.2) is 10.9 Å². The molecule has 0 spiro atoms. The second kappa shape index (κ2) is 5.46. The Morgan fingerprint density at radius 2 is 1.53 bits per heavy atom. The fourth-order valence-corrected chi connectivity index (χ4v) is 2.30. The molecule has 2 nitrogen and oxygen atoms in total. The standard InChI is InChI=1S/C17H26O2/c1-10(2)15(18)16(19)14-11(3)8-13(9-12(14)4)17(5,6)7/h8-10,16,19H,1-7H3. The molecule has 1 unspecified atom stereocenters. The molecule has 1 atom stereocenters. The van der Waals surface area contributed by atoms with Crippen molar-refractivity contribution in [2.24, 2.45) is 5.92 Å². The van der Waals surface area contributed by atoms with Crippen LogP contribution in [0.15, 0.2) is 12.1 Å². The molecule has 2 heteroatoms. The second-order valence-electron chi connectivity index (χ2n) is 6.73. The Kier molecular flexibility index (Phi) is 4.57. The number of hydrogen-bond donors (Lipinski definition) is 1. The van der Waals surface area contributed by atoms with Gasteiger partial charge in [0.15, 0.2) is 5.78 Å². The Morgan fingerprint density at radius 1 is 1.11 bits per heavy atom. The summed E-state index contributed by atoms with van der Waals surface area (Å²) < 4.78 is 0. The largest absolute Gasteiger partial charge is 0.381 e. The third-order valence-corrected chi connectivity index (χ3v) is 3.57. The zero-order chi connectivity index (χ0) is 15.0. The Bertz CT molecular complexity index is 456. The summed E-state index contributed by atoms with van der Waals surface area (Å²) in [5.41, 5.74) is 4.06. The molecule has 0 saturated carbocycles. The number of aliphatic hydroxyl groups excluding tert-OH is 1. The molecule has 1 aromatic carbocycles. The van der Waals surface area contributed by atoms with Gasteiger partial charge >= 0.3 is 0 Å². The van der Waals surface area contributed by atoms with Crippen molar-refractivity contribution in [2.45, 2.75) is 60.0 Å². The van der Waals surface area contributed by atoms with Crippen LogP contribution in [0.4, 0.5) is 0 Å². The maximum atomic E-state index is 12.0. The van der Waals surface area contributed by atoms with Gasteiger partial charge < -0.3 is 5.11 Å². The predicted octanol–water partition coefficient (Wildman–Crippen LogP) is 3.86. The molecule has 0 aromatic heterocycles. The molecule has 1 rings (SSSR count). The maximum Gasteiger partial charge on any atom is 0.168 e. The van der Waals surface area contributed by atoms with E-state index in [9.17, 15) is 9.90 Å². The zero-order valence-electron chi connectivity index (χ0n) is 13.2. The SMILES string of the molecule is Cc1cc(C(C)(C)C)cc(C)c1C(O)C(=O)C(C)C. The van der Waals surface area contributed by atoms with Crippen molar-refractivity contribution in [1.82, 2.24) is 0 Å². The van der Waals surface area contributed by atoms with Gasteiger partial charge in [-0.1, -0.05) is 46.8 Å². The Hall–Kier alpha value is -1.15. The number of carbonyl (C=O) groups is 1. The molecular formula is C17H26O2. The van der Waals surface area contributed by atoms with Crippen LogP contribution in [0, 0.1) is 19.8 Å². The number of aryl methyl sites for hydroxylation is 2. The number of ketones is 1. The van der Waals surface area contributed by atoms with Gasteiger partial charge in [0.25, 0.3) is 0 Å². The van der Waals surface area contributed by atoms with Crippen molar-refractivity contribution in [3.63, 3.8) is 0 Å². The van der Waals surface area contributed by atoms with Gasteiger partial charge in [0.1, 0.15) is 6.10 Å². The van der Waals surface area contributed by atoms with Gasteiger partial charge in [-0.15, -0.1) is 0 Å². The van der Waals surface area contributed by atoms with Gasteiger partial charge in [-0.2, -0.15) is 0 Å². The van der Waals surface area contributed by atoms with Crippen LogP contribution in [-0.2, 0) is 10.2 Å². The first-order chi connectivity index (χ1) is 8.55. The van der Waals surface area contributed by atoms with Gasteiger partial charge in [0.05, 0.1) is 0 Å². The van der Waals surface area contributed by atoms with Crippen LogP contribution in [0.3, 0.4) is 0 Å². The van der Waals surface area contributed by atoms with Crippen molar-refractivity contribution in [3.05, 3.63) is 34.4 Å². The lowest BCUT2D eigenvalue weighted by atomic mass is 9.82. The zero-order valence-corrected chi connectivity index (χ0v) is 13.2. The molecule has 0 saturated heterocycles. The molecule has 0 radical (unpaired) electrons. The molecule has 1 aromatic rings. The smallest absolute Gasteiger partial charge is 0.168 e. The van der Waals surface area contributed by atoms with E-state index in [1.54, 1.807) is 0 Å². The van der Waals surface area contributed by atoms with Crippen molar-refractivity contribution in [2.75, 3.05) is 0 Å². The summed E-state index contributed by atoms with van der Waals surface area (Å²) in [6.45, 7) is 14.1. The van der Waals surface area contributed by atoms with Gasteiger partial charge in [-0.3, -0.25) is 4.79 Å². The molecule has 1 N–H and O–H groups in total. The van der Waals surface area contributed by atoms with E-state index in [-0.39, 0.29) is 17.1 Å². The van der Waals surface area contributed by atoms with E-state index in [2.05, 4.69) is 32.9 Å². The topological polar surface area (TPSA) is 37.3 Å². The van der Waals surface area contributed by atoms with Gasteiger partial charge in [0.2, 0.25) is 0 Å². The first kappa shape index (κ1) is 15.9. The Morgan fingerprint density at radius 3 is 1.84 bits per heavy atom. The van der Waals surface area contributed by atoms with Crippen LogP contribution in [0.1, 0.15) is 63.0 Å². The van der Waals surface area contributed by atoms with Crippen LogP contribution in [0.25, 0.3) is 0 Å². The number of aliphatic hydroxyl groups is 1. The summed E-state index contributed by atoms with van der Waals surface area (Å²) in [6, 6.07) is 4.16. The Balaban J connectivity index is 3.29. The van der Waals surface area contributed by atoms with Crippen LogP contribution >= 0.6 is 0 Å². The number of rotatable bonds is 3. The summed E-state index contributed by atoms with van der Waals surface area (Å²) >= 11 is 0. The van der Waals surface area contributed by atoms with Crippen molar-refractivity contribution < 1.29 is 9.90 Å². The molecule has 106 valence electrons. The monoisotopic (exact) mass is 262 g/mol. The number of carbonyl (C=O) groups excluding carboxylic acids is 1. The van der Waals surface area contributed by atoms with Gasteiger partial charge in [-0.25, -0.2) is 0 Å². The molecule has 0 bridgehead atoms. The highest BCUT2D eigenvalue weighted by Crippen LogP contribution is 2.31. The number of benzene rings is 1. The quantitative estimate of drug-likeness (QED) is 0.898. The summed E-state index contributed by atoms with van der Waals surface area (Å²) in [7, 11) is 0. The molecule has 19 heavy (non-hydrogen) atoms. The van der Waals surface area contributed by atoms with E-state index >= 15 is 0 Å². The number of hydrogen-bond acceptors (Lipinski definition) is 2. The molecule has 0 heterocycles. The first-order valence-electron chi connectivity index (χ1n) is 6.89. The third kappa shape index (κ3) is 3.44. The average molecular weight is 262 g/mol. The first-order valence-corrected chi connectivity index (χ1v) is 6.89. The fourth-order valence-electron chi connectivity index (χ4n) is 2.30. The van der Waals surface area contributed by atoms with Crippen molar-refractivity contribution in [1.29, 1.82) is 0 Å². The maximum absolute atomic E-state index is 12.0. The second-order valence-corrected chi connectivity index (χ2v) is 6.73. The summed E-state index contributed by atoms with van der Waals surface area (Å²) in [6.07, 6.45) is -1.01. The molecule has 0 fully saturated rings. The average Bonchev–Trinajstić information content (AvgIpc) is 2.25. The van der Waals surface area contributed by atoms with E-state index in [0.29, 0.717) is 0 Å². The lowest BCUT2D eigenvalue weighted by molar-refractivity contribution is -0.130. The Labute approximate surface area is 116 Å². The molecule has 0 amide bonds. The minimum absolute atomic E-state index is 0.0705. The van der Waals surface area contributed by atoms with Gasteiger partial charge in [-0.05, 0) is 41.5 Å². The minimum Gasteiger partial charge on any atom is -0.381 e. The molecule has 0 aliphatic carbocycles. The van der Waals surface area contributed by atoms with Crippen LogP contribution in [0.2, 0.25) is 0 Å². The van der Waals surface area contributed by atoms with Crippen LogP contribution < -0.4 is 0 Å². The highest BCUT2D eigenvalue weighted by molar-refractivity contribution is 5.86. The third-order valence-electron chi connectivity index (χ3n) is 3.57. The number of Topliss-reactive ketones (excluding diaryl/α,β-unsaturated/α-hetero) is 1. The van der Waals surface area contributed by atoms with E-state index in [1.807, 2.05) is 27.7 Å². The lowest BCUT2D eigenvalue weighted by Gasteiger charge is -2.24. The predicted molar refractivity (Wildman–Crippen MR) is 79.4 cm³/mol.